The Bertz CT molecular complexity index is 8.00. The van der Waals surface area contributed by atoms with Crippen molar-refractivity contribution in [2.45, 2.75) is 0 Å². The first-order valence-corrected chi connectivity index (χ1v) is 0. The van der Waals surface area contributed by atoms with Crippen LogP contribution in [0.5, 0.6) is 0 Å². The molecular formula is EuGdOY+7. The Balaban J connectivity index is 0. The summed E-state index contributed by atoms with van der Waals surface area (Å²) in [6.07, 6.45) is 0. The van der Waals surface area contributed by atoms with Gasteiger partial charge in [0.25, 0.3) is 0 Å². The Morgan fingerprint density at radius 1 is 1.00 bits per heavy atom. The van der Waals surface area contributed by atoms with Crippen molar-refractivity contribution in [2.75, 3.05) is 0 Å². The molecule has 0 atom stereocenters. The number of rotatable bonds is 0. The van der Waals surface area contributed by atoms with Gasteiger partial charge in [-0.15, -0.1) is 0 Å². The zero-order chi connectivity index (χ0) is 0. The molecule has 0 saturated heterocycles. The Hall–Kier alpha value is 3.97. The summed E-state index contributed by atoms with van der Waals surface area (Å²) in [4.78, 5) is 0. The van der Waals surface area contributed by atoms with Gasteiger partial charge in [0.2, 0.25) is 0 Å². The molecule has 0 aromatic heterocycles. The summed E-state index contributed by atoms with van der Waals surface area (Å²) in [6, 6.07) is 0. The van der Waals surface area contributed by atoms with Crippen molar-refractivity contribution in [3.63, 3.8) is 0 Å². The molecule has 0 aromatic rings. The van der Waals surface area contributed by atoms with Crippen molar-refractivity contribution in [3.05, 3.63) is 0 Å². The minimum atomic E-state index is 0. The predicted molar refractivity (Wildman–Crippen MR) is 0.686 cm³/mol. The van der Waals surface area contributed by atoms with E-state index in [9.17, 15) is 0 Å². The second-order valence-corrected chi connectivity index (χ2v) is 0. The first-order valence-electron chi connectivity index (χ1n) is 0. The van der Waals surface area contributed by atoms with Crippen molar-refractivity contribution < 1.29 is 128 Å². The molecule has 0 aliphatic carbocycles. The molecule has 0 bridgehead atoms. The van der Waals surface area contributed by atoms with Gasteiger partial charge < -0.3 is 5.48 Å². The van der Waals surface area contributed by atoms with E-state index in [0.29, 0.717) is 0 Å². The topological polar surface area (TPSA) is 28.5 Å². The fraction of sp³-hybridized carbons (Fsp3) is 0. The molecule has 0 saturated carbocycles. The zero-order valence-corrected chi connectivity index (χ0v) is 9.25. The average Bonchev–Trinajstić information content (AvgIpc) is 0. The van der Waals surface area contributed by atoms with E-state index in [1.165, 1.54) is 0 Å². The van der Waals surface area contributed by atoms with E-state index in [0.717, 1.165) is 0 Å². The standard InChI is InChI=1S/Eu.Gd.O.Y/q2*+3;-2;+3. The van der Waals surface area contributed by atoms with E-state index in [4.69, 9.17) is 0 Å². The van der Waals surface area contributed by atoms with Crippen LogP contribution in [0.4, 0.5) is 0 Å². The summed E-state index contributed by atoms with van der Waals surface area (Å²) in [7, 11) is 0. The van der Waals surface area contributed by atoms with Crippen LogP contribution in [-0.4, -0.2) is 0 Å². The zero-order valence-electron chi connectivity index (χ0n) is 1.72. The molecule has 0 heterocycles. The van der Waals surface area contributed by atoms with Crippen molar-refractivity contribution in [1.82, 2.24) is 0 Å². The van der Waals surface area contributed by atoms with Crippen LogP contribution in [-0.2, 0) is 38.2 Å². The Morgan fingerprint density at radius 3 is 1.00 bits per heavy atom. The maximum Gasteiger partial charge on any atom is 3.00 e. The molecule has 1 radical (unpaired) electrons. The van der Waals surface area contributed by atoms with Gasteiger partial charge in [-0.3, -0.25) is 0 Å². The summed E-state index contributed by atoms with van der Waals surface area (Å²) >= 11 is 0. The van der Waals surface area contributed by atoms with Crippen LogP contribution < -0.4 is 0 Å². The first kappa shape index (κ1) is 24.6. The molecule has 0 spiro atoms. The Labute approximate surface area is 123 Å². The monoisotopic (exact) mass is 416 g/mol. The number of hydrogen-bond acceptors (Lipinski definition) is 0. The van der Waals surface area contributed by atoms with Crippen LogP contribution in [0, 0.1) is 89.3 Å². The van der Waals surface area contributed by atoms with Crippen LogP contribution in [0.25, 0.3) is 0 Å². The second kappa shape index (κ2) is 15.8. The summed E-state index contributed by atoms with van der Waals surface area (Å²) in [5.41, 5.74) is 0. The van der Waals surface area contributed by atoms with E-state index in [1.807, 2.05) is 0 Å². The van der Waals surface area contributed by atoms with Crippen molar-refractivity contribution >= 4 is 0 Å². The van der Waals surface area contributed by atoms with Crippen molar-refractivity contribution in [2.24, 2.45) is 0 Å². The third kappa shape index (κ3) is 9.36. The molecule has 0 aromatic carbocycles. The number of hydrogen-bond donors (Lipinski definition) is 0. The van der Waals surface area contributed by atoms with Gasteiger partial charge in [0.15, 0.2) is 0 Å². The Morgan fingerprint density at radius 2 is 1.00 bits per heavy atom. The van der Waals surface area contributed by atoms with E-state index in [-0.39, 0.29) is 128 Å². The van der Waals surface area contributed by atoms with E-state index in [1.54, 1.807) is 0 Å². The quantitative estimate of drug-likeness (QED) is 0.529. The molecule has 0 rings (SSSR count). The van der Waals surface area contributed by atoms with Crippen LogP contribution >= 0.6 is 0 Å². The van der Waals surface area contributed by atoms with Crippen molar-refractivity contribution in [1.29, 1.82) is 0 Å². The average molecular weight is 414 g/mol. The predicted octanol–water partition coefficient (Wildman–Crippen LogP) is -0.121. The van der Waals surface area contributed by atoms with Gasteiger partial charge in [0.05, 0.1) is 0 Å². The Kier molecular flexibility index (Phi) is 96.8. The van der Waals surface area contributed by atoms with Gasteiger partial charge in [0, 0.05) is 0 Å². The van der Waals surface area contributed by atoms with Crippen LogP contribution in [0.3, 0.4) is 0 Å². The third-order valence-corrected chi connectivity index (χ3v) is 0. The molecule has 0 amide bonds. The SMILES string of the molecule is [Eu+3].[Gd+3].[O-2].[Y+3]. The van der Waals surface area contributed by atoms with Crippen LogP contribution in [0.15, 0.2) is 0 Å². The van der Waals surface area contributed by atoms with E-state index in [2.05, 4.69) is 0 Å². The minimum absolute atomic E-state index is 0. The van der Waals surface area contributed by atoms with Crippen molar-refractivity contribution in [3.8, 4) is 0 Å². The molecule has 0 aliphatic rings. The van der Waals surface area contributed by atoms with Gasteiger partial charge in [-0.1, -0.05) is 0 Å². The molecule has 4 heteroatoms. The van der Waals surface area contributed by atoms with Gasteiger partial charge in [-0.25, -0.2) is 0 Å². The van der Waals surface area contributed by atoms with E-state index >= 15 is 0 Å². The van der Waals surface area contributed by atoms with Crippen LogP contribution in [0.1, 0.15) is 0 Å². The molecule has 17 valence electrons. The summed E-state index contributed by atoms with van der Waals surface area (Å²) in [6.45, 7) is 0. The van der Waals surface area contributed by atoms with E-state index < -0.39 is 0 Å². The molecule has 0 unspecified atom stereocenters. The summed E-state index contributed by atoms with van der Waals surface area (Å²) in [5.74, 6) is 0. The molecule has 0 N–H and O–H groups in total. The van der Waals surface area contributed by atoms with Gasteiger partial charge in [-0.05, 0) is 0 Å². The first-order chi connectivity index (χ1) is 0. The fourth-order valence-corrected chi connectivity index (χ4v) is 0. The largest absolute Gasteiger partial charge is 3.00 e. The third-order valence-electron chi connectivity index (χ3n) is 0. The summed E-state index contributed by atoms with van der Waals surface area (Å²) < 4.78 is 0. The fourth-order valence-electron chi connectivity index (χ4n) is 0. The molecule has 0 aliphatic heterocycles. The van der Waals surface area contributed by atoms with Gasteiger partial charge in [0.1, 0.15) is 0 Å². The van der Waals surface area contributed by atoms with Crippen LogP contribution in [0.2, 0.25) is 0 Å². The molecular weight excluding hydrogens is 414 g/mol. The normalized spacial score (nSPS) is 0. The molecule has 4 heavy (non-hydrogen) atoms. The smallest absolute Gasteiger partial charge is 2.00 e. The summed E-state index contributed by atoms with van der Waals surface area (Å²) in [5, 5.41) is 0. The molecule has 0 fully saturated rings. The molecule has 1 nitrogen and oxygen atoms in total. The maximum atomic E-state index is 0. The second-order valence-electron chi connectivity index (χ2n) is 0. The van der Waals surface area contributed by atoms with Gasteiger partial charge >= 0.3 is 122 Å². The van der Waals surface area contributed by atoms with Gasteiger partial charge in [-0.2, -0.15) is 0 Å². The minimum Gasteiger partial charge on any atom is -2.00 e. The maximum absolute atomic E-state index is 0.